The Hall–Kier alpha value is -12.6. The Kier molecular flexibility index (Phi) is 11.0. The van der Waals surface area contributed by atoms with Crippen molar-refractivity contribution in [2.45, 2.75) is 0 Å². The van der Waals surface area contributed by atoms with Crippen LogP contribution in [0.5, 0.6) is 0 Å². The molecule has 0 fully saturated rings. The first-order valence-corrected chi connectivity index (χ1v) is 30.8. The zero-order chi connectivity index (χ0) is 59.8. The molecule has 0 N–H and O–H groups in total. The SMILES string of the molecule is N#Cc1c(-n2c3ccccc3c3ccc4c(c5ccccc5n4-c4ccccc4)c32)cc(-c2cc(-c3ccccc3)nc(-c3ccccc3)n2)cc1-n1c2ccccc2c2c3c(c4ccccc4n3-c3ccccc3)c3c(c4ccccc4n3-c3ccccc3)c21. The average Bonchev–Trinajstić information content (AvgIpc) is 1.51. The molecule has 6 aromatic heterocycles. The lowest BCUT2D eigenvalue weighted by atomic mass is 10.0. The lowest BCUT2D eigenvalue weighted by Crippen LogP contribution is -2.06. The minimum Gasteiger partial charge on any atom is -0.309 e. The Morgan fingerprint density at radius 3 is 1.09 bits per heavy atom. The summed E-state index contributed by atoms with van der Waals surface area (Å²) in [5.41, 5.74) is 19.7. The predicted molar refractivity (Wildman–Crippen MR) is 375 cm³/mol. The van der Waals surface area contributed by atoms with E-state index in [1.54, 1.807) is 0 Å². The molecule has 0 aliphatic rings. The predicted octanol–water partition coefficient (Wildman–Crippen LogP) is 20.8. The Balaban J connectivity index is 1.05. The van der Waals surface area contributed by atoms with Gasteiger partial charge in [-0.15, -0.1) is 0 Å². The van der Waals surface area contributed by atoms with Crippen LogP contribution in [0.15, 0.2) is 303 Å². The molecule has 13 aromatic carbocycles. The van der Waals surface area contributed by atoms with E-state index >= 15 is 0 Å². The molecule has 0 spiro atoms. The van der Waals surface area contributed by atoms with E-state index in [0.717, 1.165) is 154 Å². The van der Waals surface area contributed by atoms with Crippen LogP contribution < -0.4 is 0 Å². The first-order valence-electron chi connectivity index (χ1n) is 30.8. The van der Waals surface area contributed by atoms with Gasteiger partial charge in [0.05, 0.1) is 77.9 Å². The van der Waals surface area contributed by atoms with Gasteiger partial charge in [0.2, 0.25) is 0 Å². The van der Waals surface area contributed by atoms with E-state index in [1.807, 2.05) is 24.3 Å². The summed E-state index contributed by atoms with van der Waals surface area (Å²) in [6.45, 7) is 0. The highest BCUT2D eigenvalue weighted by Crippen LogP contribution is 2.52. The Morgan fingerprint density at radius 2 is 0.604 bits per heavy atom. The minimum atomic E-state index is 0.502. The fourth-order valence-electron chi connectivity index (χ4n) is 15.0. The second-order valence-corrected chi connectivity index (χ2v) is 23.5. The molecule has 0 amide bonds. The van der Waals surface area contributed by atoms with Gasteiger partial charge in [0.1, 0.15) is 11.6 Å². The first kappa shape index (κ1) is 50.6. The van der Waals surface area contributed by atoms with Crippen LogP contribution in [-0.4, -0.2) is 32.8 Å². The van der Waals surface area contributed by atoms with Gasteiger partial charge >= 0.3 is 0 Å². The lowest BCUT2D eigenvalue weighted by molar-refractivity contribution is 1.12. The molecule has 0 radical (unpaired) electrons. The summed E-state index contributed by atoms with van der Waals surface area (Å²) in [5.74, 6) is 0.597. The minimum absolute atomic E-state index is 0.502. The summed E-state index contributed by atoms with van der Waals surface area (Å²) in [6, 6.07) is 111. The number of nitrogens with zero attached hydrogens (tertiary/aromatic N) is 8. The molecule has 8 nitrogen and oxygen atoms in total. The van der Waals surface area contributed by atoms with Crippen molar-refractivity contribution >= 4 is 109 Å². The van der Waals surface area contributed by atoms with Crippen LogP contribution in [0.25, 0.3) is 171 Å². The number of para-hydroxylation sites is 8. The molecule has 0 unspecified atom stereocenters. The molecule has 0 bridgehead atoms. The second kappa shape index (κ2) is 19.7. The van der Waals surface area contributed by atoms with Crippen molar-refractivity contribution in [1.29, 1.82) is 5.26 Å². The highest BCUT2D eigenvalue weighted by Gasteiger charge is 2.32. The first-order chi connectivity index (χ1) is 45.2. The third-order valence-corrected chi connectivity index (χ3v) is 18.7. The largest absolute Gasteiger partial charge is 0.309 e. The standard InChI is InChI=1S/C83H50N8/c84-51-64-73(90-67-41-21-16-36-58(67)59-46-47-72-75(79(59)90)60-37-17-22-42-68(60)87(72)55-30-10-3-11-31-55)48-54(66-50-65(52-26-6-1-7-27-52)85-83(86-66)53-28-8-2-9-29-53)49-74(64)91-71-45-25-20-40-63(71)78-81-76(61-38-18-23-43-69(61)88(81)56-32-12-4-13-33-56)80-77(82(78)91)62-39-19-24-44-70(62)89(80)57-34-14-5-15-35-57/h1-50H. The summed E-state index contributed by atoms with van der Waals surface area (Å²) in [7, 11) is 0. The van der Waals surface area contributed by atoms with Crippen molar-refractivity contribution in [2.75, 3.05) is 0 Å². The number of benzene rings is 13. The van der Waals surface area contributed by atoms with Crippen molar-refractivity contribution < 1.29 is 0 Å². The molecule has 91 heavy (non-hydrogen) atoms. The zero-order valence-corrected chi connectivity index (χ0v) is 48.9. The third-order valence-electron chi connectivity index (χ3n) is 18.7. The average molecular weight is 1160 g/mol. The maximum atomic E-state index is 12.8. The van der Waals surface area contributed by atoms with Crippen molar-refractivity contribution in [3.05, 3.63) is 309 Å². The van der Waals surface area contributed by atoms with Crippen LogP contribution in [0.3, 0.4) is 0 Å². The van der Waals surface area contributed by atoms with Gasteiger partial charge in [-0.3, -0.25) is 0 Å². The smallest absolute Gasteiger partial charge is 0.160 e. The summed E-state index contributed by atoms with van der Waals surface area (Å²) < 4.78 is 12.1. The van der Waals surface area contributed by atoms with Gasteiger partial charge in [0, 0.05) is 87.6 Å². The van der Waals surface area contributed by atoms with Crippen molar-refractivity contribution in [1.82, 2.24) is 32.8 Å². The number of fused-ring (bicyclic) bond motifs is 19. The van der Waals surface area contributed by atoms with Crippen LogP contribution in [0.2, 0.25) is 0 Å². The lowest BCUT2D eigenvalue weighted by Gasteiger charge is -2.19. The summed E-state index contributed by atoms with van der Waals surface area (Å²) in [5, 5.41) is 23.7. The molecular formula is C83H50N8. The van der Waals surface area contributed by atoms with Crippen LogP contribution in [-0.2, 0) is 0 Å². The number of rotatable bonds is 8. The fraction of sp³-hybridized carbons (Fsp3) is 0. The molecule has 8 heteroatoms. The topological polar surface area (TPSA) is 74.2 Å². The van der Waals surface area contributed by atoms with E-state index in [4.69, 9.17) is 9.97 Å². The molecule has 0 aliphatic heterocycles. The van der Waals surface area contributed by atoms with Gasteiger partial charge in [-0.2, -0.15) is 5.26 Å². The zero-order valence-electron chi connectivity index (χ0n) is 48.9. The van der Waals surface area contributed by atoms with Crippen LogP contribution in [0.1, 0.15) is 5.56 Å². The Bertz CT molecular complexity index is 6110. The van der Waals surface area contributed by atoms with Gasteiger partial charge in [-0.1, -0.05) is 212 Å². The molecule has 422 valence electrons. The number of nitriles is 1. The Morgan fingerprint density at radius 1 is 0.253 bits per heavy atom. The van der Waals surface area contributed by atoms with E-state index in [0.29, 0.717) is 22.8 Å². The van der Waals surface area contributed by atoms with Gasteiger partial charge in [-0.25, -0.2) is 9.97 Å². The Labute approximate surface area is 521 Å². The number of hydrogen-bond acceptors (Lipinski definition) is 3. The fourth-order valence-corrected chi connectivity index (χ4v) is 15.0. The van der Waals surface area contributed by atoms with Gasteiger partial charge in [0.15, 0.2) is 5.82 Å². The number of hydrogen-bond donors (Lipinski definition) is 0. The van der Waals surface area contributed by atoms with Gasteiger partial charge < -0.3 is 22.8 Å². The molecule has 19 rings (SSSR count). The van der Waals surface area contributed by atoms with E-state index in [1.165, 1.54) is 0 Å². The van der Waals surface area contributed by atoms with Gasteiger partial charge in [-0.05, 0) is 91.0 Å². The molecule has 6 heterocycles. The third kappa shape index (κ3) is 7.31. The van der Waals surface area contributed by atoms with E-state index in [-0.39, 0.29) is 0 Å². The molecule has 0 saturated carbocycles. The highest BCUT2D eigenvalue weighted by atomic mass is 15.1. The van der Waals surface area contributed by atoms with Crippen LogP contribution in [0, 0.1) is 11.3 Å². The van der Waals surface area contributed by atoms with Crippen molar-refractivity contribution in [3.8, 4) is 68.4 Å². The molecule has 0 aliphatic carbocycles. The van der Waals surface area contributed by atoms with E-state index < -0.39 is 0 Å². The van der Waals surface area contributed by atoms with Crippen molar-refractivity contribution in [2.24, 2.45) is 0 Å². The molecule has 0 atom stereocenters. The molecule has 19 aromatic rings. The normalized spacial score (nSPS) is 11.9. The quantitative estimate of drug-likeness (QED) is 0.152. The summed E-state index contributed by atoms with van der Waals surface area (Å²) in [6.07, 6.45) is 0. The highest BCUT2D eigenvalue weighted by molar-refractivity contribution is 6.40. The van der Waals surface area contributed by atoms with Crippen molar-refractivity contribution in [3.63, 3.8) is 0 Å². The van der Waals surface area contributed by atoms with E-state index in [9.17, 15) is 5.26 Å². The molecule has 0 saturated heterocycles. The van der Waals surface area contributed by atoms with Crippen LogP contribution in [0.4, 0.5) is 0 Å². The molecular weight excluding hydrogens is 1110 g/mol. The summed E-state index contributed by atoms with van der Waals surface area (Å²) >= 11 is 0. The van der Waals surface area contributed by atoms with Gasteiger partial charge in [0.25, 0.3) is 0 Å². The summed E-state index contributed by atoms with van der Waals surface area (Å²) in [4.78, 5) is 10.9. The maximum absolute atomic E-state index is 12.8. The maximum Gasteiger partial charge on any atom is 0.160 e. The van der Waals surface area contributed by atoms with Crippen LogP contribution >= 0.6 is 0 Å². The second-order valence-electron chi connectivity index (χ2n) is 23.5. The number of aromatic nitrogens is 7. The monoisotopic (exact) mass is 1160 g/mol. The van der Waals surface area contributed by atoms with E-state index in [2.05, 4.69) is 308 Å².